The molecular weight excluding hydrogens is 483 g/mol. The molecule has 0 aliphatic carbocycles. The van der Waals surface area contributed by atoms with Crippen LogP contribution in [-0.4, -0.2) is 35.0 Å². The number of halogens is 1. The molecule has 0 aliphatic heterocycles. The molecule has 0 aliphatic rings. The molecule has 0 fully saturated rings. The first-order chi connectivity index (χ1) is 17.3. The Kier molecular flexibility index (Phi) is 9.93. The summed E-state index contributed by atoms with van der Waals surface area (Å²) in [5.41, 5.74) is -0.0201. The molecule has 0 radical (unpaired) electrons. The molecule has 2 aromatic heterocycles. The molecular formula is C27H31FN2O5S. The van der Waals surface area contributed by atoms with Gasteiger partial charge in [-0.2, -0.15) is 0 Å². The predicted octanol–water partition coefficient (Wildman–Crippen LogP) is 5.17. The number of unbranched alkanes of at least 4 members (excludes halogenated alkanes) is 1. The summed E-state index contributed by atoms with van der Waals surface area (Å²) in [6.07, 6.45) is 4.26. The Hall–Kier alpha value is -3.33. The lowest BCUT2D eigenvalue weighted by Gasteiger charge is -2.23. The zero-order chi connectivity index (χ0) is 26.1. The molecule has 1 aromatic carbocycles. The molecule has 36 heavy (non-hydrogen) atoms. The average molecular weight is 515 g/mol. The number of Topliss-reactive ketones (excluding diaryl/α,β-unsaturated/α-hetero) is 1. The minimum Gasteiger partial charge on any atom is -0.469 e. The van der Waals surface area contributed by atoms with Gasteiger partial charge in [0.1, 0.15) is 11.8 Å². The van der Waals surface area contributed by atoms with Crippen LogP contribution < -0.4 is 10.6 Å². The molecule has 2 heterocycles. The van der Waals surface area contributed by atoms with Crippen LogP contribution in [-0.2, 0) is 16.0 Å². The van der Waals surface area contributed by atoms with Crippen LogP contribution in [0.4, 0.5) is 4.39 Å². The van der Waals surface area contributed by atoms with Crippen molar-refractivity contribution in [2.24, 2.45) is 5.92 Å². The number of rotatable bonds is 14. The third-order valence-corrected chi connectivity index (χ3v) is 6.00. The Morgan fingerprint density at radius 2 is 1.92 bits per heavy atom. The molecule has 0 spiro atoms. The van der Waals surface area contributed by atoms with E-state index < -0.39 is 29.7 Å². The van der Waals surface area contributed by atoms with Gasteiger partial charge in [-0.1, -0.05) is 38.2 Å². The third-order valence-electron chi connectivity index (χ3n) is 5.77. The van der Waals surface area contributed by atoms with Crippen molar-refractivity contribution in [2.75, 3.05) is 0 Å². The van der Waals surface area contributed by atoms with E-state index in [2.05, 4.69) is 10.6 Å². The van der Waals surface area contributed by atoms with Crippen LogP contribution >= 0.6 is 12.2 Å². The molecule has 2 atom stereocenters. The Labute approximate surface area is 214 Å². The van der Waals surface area contributed by atoms with Crippen molar-refractivity contribution in [3.8, 4) is 0 Å². The highest BCUT2D eigenvalue weighted by molar-refractivity contribution is 7.78. The van der Waals surface area contributed by atoms with Gasteiger partial charge in [0, 0.05) is 18.2 Å². The van der Waals surface area contributed by atoms with Gasteiger partial charge >= 0.3 is 0 Å². The number of ketones is 1. The smallest absolute Gasteiger partial charge is 0.287 e. The number of fused-ring (bicyclic) bond motifs is 1. The fourth-order valence-electron chi connectivity index (χ4n) is 3.94. The largest absolute Gasteiger partial charge is 0.469 e. The average Bonchev–Trinajstić information content (AvgIpc) is 3.52. The molecule has 3 rings (SSSR count). The number of carbonyl (C=O) groups is 3. The summed E-state index contributed by atoms with van der Waals surface area (Å²) in [5.74, 6) is -1.10. The summed E-state index contributed by atoms with van der Waals surface area (Å²) < 4.78 is 24.7. The Morgan fingerprint density at radius 1 is 1.11 bits per heavy atom. The van der Waals surface area contributed by atoms with Crippen molar-refractivity contribution >= 4 is 46.2 Å². The maximum atomic E-state index is 14.0. The number of para-hydroxylation sites is 1. The van der Waals surface area contributed by atoms with Crippen LogP contribution in [0.15, 0.2) is 51.5 Å². The number of amides is 2. The van der Waals surface area contributed by atoms with Gasteiger partial charge in [0.05, 0.1) is 12.3 Å². The summed E-state index contributed by atoms with van der Waals surface area (Å²) in [5, 5.41) is 7.58. The highest BCUT2D eigenvalue weighted by atomic mass is 32.1. The van der Waals surface area contributed by atoms with Gasteiger partial charge in [0.2, 0.25) is 5.91 Å². The molecule has 3 aromatic rings. The molecule has 0 bridgehead atoms. The van der Waals surface area contributed by atoms with Gasteiger partial charge in [0.25, 0.3) is 5.91 Å². The topological polar surface area (TPSA) is 102 Å². The van der Waals surface area contributed by atoms with Crippen LogP contribution in [0.2, 0.25) is 0 Å². The van der Waals surface area contributed by atoms with E-state index in [4.69, 9.17) is 21.1 Å². The minimum atomic E-state index is -0.901. The van der Waals surface area contributed by atoms with Gasteiger partial charge in [0.15, 0.2) is 22.9 Å². The lowest BCUT2D eigenvalue weighted by Crippen LogP contribution is -2.52. The maximum absolute atomic E-state index is 14.0. The molecule has 0 saturated heterocycles. The van der Waals surface area contributed by atoms with Gasteiger partial charge in [-0.05, 0) is 61.2 Å². The summed E-state index contributed by atoms with van der Waals surface area (Å²) in [6.45, 7) is 3.85. The Balaban J connectivity index is 1.70. The lowest BCUT2D eigenvalue weighted by atomic mass is 9.99. The standard InChI is InChI=1S/C27H31FN2O5S/c1-17(2)15-22(30-27(33)24-16-18-7-5-9-20(28)25(18)35-24)26(32)29-21(10-3-4-14-36)23(31)12-11-19-8-6-13-34-19/h5-9,13-14,16-17,21-22H,3-4,10-12,15H2,1-2H3,(H,29,32)(H,30,33)/t21-,22-/m0/s1. The lowest BCUT2D eigenvalue weighted by molar-refractivity contribution is -0.129. The van der Waals surface area contributed by atoms with Crippen LogP contribution in [0.3, 0.4) is 0 Å². The van der Waals surface area contributed by atoms with E-state index in [1.807, 2.05) is 13.8 Å². The van der Waals surface area contributed by atoms with Crippen LogP contribution in [0.25, 0.3) is 11.0 Å². The van der Waals surface area contributed by atoms with Crippen molar-refractivity contribution in [2.45, 2.75) is 64.5 Å². The second kappa shape index (κ2) is 13.1. The Morgan fingerprint density at radius 3 is 2.58 bits per heavy atom. The number of furan rings is 2. The predicted molar refractivity (Wildman–Crippen MR) is 138 cm³/mol. The van der Waals surface area contributed by atoms with E-state index in [0.29, 0.717) is 43.3 Å². The molecule has 0 saturated carbocycles. The number of carbonyl (C=O) groups excluding carboxylic acids is 3. The number of hydrogen-bond donors (Lipinski definition) is 2. The van der Waals surface area contributed by atoms with Crippen molar-refractivity contribution in [3.63, 3.8) is 0 Å². The zero-order valence-corrected chi connectivity index (χ0v) is 21.2. The van der Waals surface area contributed by atoms with Crippen LogP contribution in [0.1, 0.15) is 62.3 Å². The van der Waals surface area contributed by atoms with Crippen molar-refractivity contribution in [3.05, 3.63) is 60.0 Å². The van der Waals surface area contributed by atoms with Crippen molar-refractivity contribution < 1.29 is 27.6 Å². The first-order valence-electron chi connectivity index (χ1n) is 12.1. The van der Waals surface area contributed by atoms with E-state index in [1.54, 1.807) is 29.8 Å². The molecule has 2 amide bonds. The van der Waals surface area contributed by atoms with Gasteiger partial charge in [-0.25, -0.2) is 4.39 Å². The zero-order valence-electron chi connectivity index (χ0n) is 20.4. The first-order valence-corrected chi connectivity index (χ1v) is 12.5. The SMILES string of the molecule is CC(C)C[C@H](NC(=O)c1cc2cccc(F)c2o1)C(=O)N[C@@H](CCCC=S)C(=O)CCc1ccco1. The molecule has 7 nitrogen and oxygen atoms in total. The van der Waals surface area contributed by atoms with Crippen molar-refractivity contribution in [1.29, 1.82) is 0 Å². The second-order valence-electron chi connectivity index (χ2n) is 9.13. The minimum absolute atomic E-state index is 0.0201. The normalized spacial score (nSPS) is 12.9. The molecule has 2 N–H and O–H groups in total. The van der Waals surface area contributed by atoms with Crippen LogP contribution in [0, 0.1) is 11.7 Å². The van der Waals surface area contributed by atoms with Crippen LogP contribution in [0.5, 0.6) is 0 Å². The number of hydrogen-bond acceptors (Lipinski definition) is 6. The van der Waals surface area contributed by atoms with Crippen molar-refractivity contribution in [1.82, 2.24) is 10.6 Å². The molecule has 0 unspecified atom stereocenters. The van der Waals surface area contributed by atoms with E-state index >= 15 is 0 Å². The molecule has 9 heteroatoms. The summed E-state index contributed by atoms with van der Waals surface area (Å²) >= 11 is 4.89. The number of thiocarbonyl (C=S) groups is 1. The number of nitrogens with one attached hydrogen (secondary N) is 2. The van der Waals surface area contributed by atoms with E-state index in [-0.39, 0.29) is 29.5 Å². The third kappa shape index (κ3) is 7.58. The second-order valence-corrected chi connectivity index (χ2v) is 9.46. The monoisotopic (exact) mass is 514 g/mol. The van der Waals surface area contributed by atoms with E-state index in [1.165, 1.54) is 18.2 Å². The highest BCUT2D eigenvalue weighted by Gasteiger charge is 2.28. The first kappa shape index (κ1) is 27.3. The Bertz CT molecular complexity index is 1190. The number of benzene rings is 1. The summed E-state index contributed by atoms with van der Waals surface area (Å²) in [6, 6.07) is 7.78. The van der Waals surface area contributed by atoms with Gasteiger partial charge < -0.3 is 19.5 Å². The number of aryl methyl sites for hydroxylation is 1. The summed E-state index contributed by atoms with van der Waals surface area (Å²) in [4.78, 5) is 39.1. The summed E-state index contributed by atoms with van der Waals surface area (Å²) in [7, 11) is 0. The quantitative estimate of drug-likeness (QED) is 0.227. The highest BCUT2D eigenvalue weighted by Crippen LogP contribution is 2.22. The molecule has 192 valence electrons. The van der Waals surface area contributed by atoms with Gasteiger partial charge in [-0.15, -0.1) is 0 Å². The van der Waals surface area contributed by atoms with E-state index in [0.717, 1.165) is 0 Å². The van der Waals surface area contributed by atoms with E-state index in [9.17, 15) is 18.8 Å². The fraction of sp³-hybridized carbons (Fsp3) is 0.407. The van der Waals surface area contributed by atoms with Gasteiger partial charge in [-0.3, -0.25) is 14.4 Å². The maximum Gasteiger partial charge on any atom is 0.287 e. The fourth-order valence-corrected chi connectivity index (χ4v) is 4.11.